The third kappa shape index (κ3) is 3.39. The molecule has 0 aliphatic carbocycles. The second-order valence-corrected chi connectivity index (χ2v) is 4.39. The van der Waals surface area contributed by atoms with Gasteiger partial charge in [0, 0.05) is 17.5 Å². The Morgan fingerprint density at radius 3 is 2.48 bits per heavy atom. The number of phenolic OH excluding ortho intramolecular Hbond substituents is 2. The number of hydrazone groups is 1. The molecule has 21 heavy (non-hydrogen) atoms. The fourth-order valence-electron chi connectivity index (χ4n) is 1.80. The Morgan fingerprint density at radius 1 is 1.10 bits per heavy atom. The lowest BCUT2D eigenvalue weighted by atomic mass is 10.0. The minimum Gasteiger partial charge on any atom is -0.504 e. The van der Waals surface area contributed by atoms with Crippen LogP contribution in [0.2, 0.25) is 0 Å². The zero-order valence-electron chi connectivity index (χ0n) is 11.6. The van der Waals surface area contributed by atoms with Gasteiger partial charge in [-0.15, -0.1) is 0 Å². The van der Waals surface area contributed by atoms with E-state index in [0.29, 0.717) is 17.7 Å². The van der Waals surface area contributed by atoms with Crippen molar-refractivity contribution in [1.82, 2.24) is 5.43 Å². The minimum absolute atomic E-state index is 0.233. The molecule has 0 spiro atoms. The Hall–Kier alpha value is -2.82. The largest absolute Gasteiger partial charge is 0.504 e. The molecule has 5 nitrogen and oxygen atoms in total. The summed E-state index contributed by atoms with van der Waals surface area (Å²) in [6.07, 6.45) is 0.303. The Morgan fingerprint density at radius 2 is 1.81 bits per heavy atom. The van der Waals surface area contributed by atoms with Crippen LogP contribution in [-0.2, 0) is 4.79 Å². The number of benzene rings is 2. The third-order valence-electron chi connectivity index (χ3n) is 2.93. The third-order valence-corrected chi connectivity index (χ3v) is 2.93. The van der Waals surface area contributed by atoms with Crippen LogP contribution >= 0.6 is 0 Å². The van der Waals surface area contributed by atoms with Crippen molar-refractivity contribution in [1.29, 1.82) is 0 Å². The fraction of sp³-hybridized carbons (Fsp3) is 0.125. The van der Waals surface area contributed by atoms with Gasteiger partial charge in [-0.25, -0.2) is 5.43 Å². The first-order valence-corrected chi connectivity index (χ1v) is 6.56. The summed E-state index contributed by atoms with van der Waals surface area (Å²) >= 11 is 0. The minimum atomic E-state index is -0.272. The second-order valence-electron chi connectivity index (χ2n) is 4.39. The number of carbonyl (C=O) groups is 1. The number of aromatic hydroxyl groups is 2. The molecule has 0 aromatic heterocycles. The van der Waals surface area contributed by atoms with E-state index in [-0.39, 0.29) is 17.4 Å². The van der Waals surface area contributed by atoms with E-state index >= 15 is 0 Å². The van der Waals surface area contributed by atoms with Crippen molar-refractivity contribution >= 4 is 11.6 Å². The van der Waals surface area contributed by atoms with E-state index in [1.54, 1.807) is 31.2 Å². The molecular formula is C16H16N2O3. The molecule has 0 unspecified atom stereocenters. The molecule has 5 heteroatoms. The predicted octanol–water partition coefficient (Wildman–Crippen LogP) is 2.38. The van der Waals surface area contributed by atoms with Crippen LogP contribution in [0, 0.1) is 0 Å². The summed E-state index contributed by atoms with van der Waals surface area (Å²) in [5, 5.41) is 23.7. The lowest BCUT2D eigenvalue weighted by molar-refractivity contribution is -0.120. The van der Waals surface area contributed by atoms with Gasteiger partial charge in [-0.1, -0.05) is 43.3 Å². The van der Waals surface area contributed by atoms with Gasteiger partial charge >= 0.3 is 0 Å². The van der Waals surface area contributed by atoms with Crippen LogP contribution in [0.1, 0.15) is 24.5 Å². The van der Waals surface area contributed by atoms with E-state index in [4.69, 9.17) is 0 Å². The first-order chi connectivity index (χ1) is 10.1. The van der Waals surface area contributed by atoms with Crippen LogP contribution in [0.3, 0.4) is 0 Å². The molecule has 0 heterocycles. The van der Waals surface area contributed by atoms with E-state index in [2.05, 4.69) is 10.5 Å². The van der Waals surface area contributed by atoms with Gasteiger partial charge in [0.2, 0.25) is 5.91 Å². The molecule has 0 saturated carbocycles. The topological polar surface area (TPSA) is 81.9 Å². The molecule has 2 aromatic carbocycles. The molecule has 0 atom stereocenters. The Bertz CT molecular complexity index is 666. The first-order valence-electron chi connectivity index (χ1n) is 6.56. The van der Waals surface area contributed by atoms with Crippen LogP contribution in [0.4, 0.5) is 0 Å². The number of amides is 1. The maximum Gasteiger partial charge on any atom is 0.239 e. The first kappa shape index (κ1) is 14.6. The number of nitrogens with zero attached hydrogens (tertiary/aromatic N) is 1. The van der Waals surface area contributed by atoms with Crippen LogP contribution in [0.25, 0.3) is 0 Å². The van der Waals surface area contributed by atoms with Gasteiger partial charge in [-0.3, -0.25) is 4.79 Å². The van der Waals surface area contributed by atoms with E-state index in [1.165, 1.54) is 6.07 Å². The lowest BCUT2D eigenvalue weighted by Gasteiger charge is -2.10. The van der Waals surface area contributed by atoms with Crippen molar-refractivity contribution in [2.24, 2.45) is 5.10 Å². The highest BCUT2D eigenvalue weighted by Crippen LogP contribution is 2.30. The number of hydrogen-bond acceptors (Lipinski definition) is 4. The summed E-state index contributed by atoms with van der Waals surface area (Å²) in [6.45, 7) is 1.72. The van der Waals surface area contributed by atoms with Gasteiger partial charge < -0.3 is 10.2 Å². The van der Waals surface area contributed by atoms with Crippen molar-refractivity contribution in [3.8, 4) is 11.5 Å². The lowest BCUT2D eigenvalue weighted by Crippen LogP contribution is -2.19. The maximum absolute atomic E-state index is 11.4. The van der Waals surface area contributed by atoms with Gasteiger partial charge in [-0.2, -0.15) is 5.10 Å². The van der Waals surface area contributed by atoms with Crippen LogP contribution in [0.15, 0.2) is 53.6 Å². The van der Waals surface area contributed by atoms with Crippen molar-refractivity contribution < 1.29 is 15.0 Å². The van der Waals surface area contributed by atoms with Crippen molar-refractivity contribution in [3.63, 3.8) is 0 Å². The zero-order chi connectivity index (χ0) is 15.2. The van der Waals surface area contributed by atoms with Gasteiger partial charge in [0.25, 0.3) is 0 Å². The van der Waals surface area contributed by atoms with Crippen LogP contribution in [0.5, 0.6) is 11.5 Å². The van der Waals surface area contributed by atoms with Crippen LogP contribution < -0.4 is 5.43 Å². The van der Waals surface area contributed by atoms with Crippen molar-refractivity contribution in [2.45, 2.75) is 13.3 Å². The molecule has 0 fully saturated rings. The van der Waals surface area contributed by atoms with E-state index in [0.717, 1.165) is 5.56 Å². The van der Waals surface area contributed by atoms with E-state index < -0.39 is 0 Å². The normalized spacial score (nSPS) is 11.2. The Kier molecular flexibility index (Phi) is 4.56. The highest BCUT2D eigenvalue weighted by molar-refractivity contribution is 6.15. The molecule has 0 aliphatic heterocycles. The number of nitrogens with one attached hydrogen (secondary N) is 1. The van der Waals surface area contributed by atoms with Crippen molar-refractivity contribution in [3.05, 3.63) is 59.7 Å². The molecule has 0 bridgehead atoms. The van der Waals surface area contributed by atoms with E-state index in [1.807, 2.05) is 18.2 Å². The number of hydrogen-bond donors (Lipinski definition) is 3. The maximum atomic E-state index is 11.4. The van der Waals surface area contributed by atoms with Crippen LogP contribution in [-0.4, -0.2) is 21.8 Å². The summed E-state index contributed by atoms with van der Waals surface area (Å²) < 4.78 is 0. The summed E-state index contributed by atoms with van der Waals surface area (Å²) in [7, 11) is 0. The monoisotopic (exact) mass is 284 g/mol. The molecule has 2 aromatic rings. The predicted molar refractivity (Wildman–Crippen MR) is 80.3 cm³/mol. The van der Waals surface area contributed by atoms with Gasteiger partial charge in [0.05, 0.1) is 0 Å². The fourth-order valence-corrected chi connectivity index (χ4v) is 1.80. The summed E-state index contributed by atoms with van der Waals surface area (Å²) in [5.41, 5.74) is 3.88. The number of carbonyl (C=O) groups excluding carboxylic acids is 1. The highest BCUT2D eigenvalue weighted by atomic mass is 16.3. The number of rotatable bonds is 4. The standard InChI is InChI=1S/C16H16N2O3/c1-2-14(20)17-18-15(11-7-4-3-5-8-11)12-9-6-10-13(19)16(12)21/h3-10,19,21H,2H2,1H3,(H,17,20). The molecule has 3 N–H and O–H groups in total. The molecule has 2 rings (SSSR count). The summed E-state index contributed by atoms with van der Waals surface area (Å²) in [4.78, 5) is 11.4. The number of phenols is 2. The van der Waals surface area contributed by atoms with E-state index in [9.17, 15) is 15.0 Å². The average Bonchev–Trinajstić information content (AvgIpc) is 2.52. The molecule has 0 saturated heterocycles. The average molecular weight is 284 g/mol. The molecule has 108 valence electrons. The molecular weight excluding hydrogens is 268 g/mol. The highest BCUT2D eigenvalue weighted by Gasteiger charge is 2.14. The Balaban J connectivity index is 2.51. The van der Waals surface area contributed by atoms with Gasteiger partial charge in [0.1, 0.15) is 5.71 Å². The smallest absolute Gasteiger partial charge is 0.239 e. The summed E-state index contributed by atoms with van der Waals surface area (Å²) in [5.74, 6) is -0.744. The quantitative estimate of drug-likeness (QED) is 0.458. The Labute approximate surface area is 122 Å². The molecule has 1 amide bonds. The summed E-state index contributed by atoms with van der Waals surface area (Å²) in [6, 6.07) is 13.7. The molecule has 0 aliphatic rings. The number of para-hydroxylation sites is 1. The second kappa shape index (κ2) is 6.56. The van der Waals surface area contributed by atoms with Gasteiger partial charge in [-0.05, 0) is 12.1 Å². The van der Waals surface area contributed by atoms with Gasteiger partial charge in [0.15, 0.2) is 11.5 Å². The SMILES string of the molecule is CCC(=O)NN=C(c1ccccc1)c1cccc(O)c1O. The van der Waals surface area contributed by atoms with Crippen molar-refractivity contribution in [2.75, 3.05) is 0 Å². The molecule has 0 radical (unpaired) electrons. The zero-order valence-corrected chi connectivity index (χ0v) is 11.6.